The third kappa shape index (κ3) is 2.79. The van der Waals surface area contributed by atoms with Crippen LogP contribution in [0.2, 0.25) is 0 Å². The lowest BCUT2D eigenvalue weighted by atomic mass is 10.0. The van der Waals surface area contributed by atoms with Gasteiger partial charge in [0.2, 0.25) is 5.43 Å². The Morgan fingerprint density at radius 2 is 2.17 bits per heavy atom. The van der Waals surface area contributed by atoms with Crippen LogP contribution in [0.4, 0.5) is 10.1 Å². The van der Waals surface area contributed by atoms with Crippen molar-refractivity contribution in [2.24, 2.45) is 0 Å². The Kier molecular flexibility index (Phi) is 4.08. The largest absolute Gasteiger partial charge is 0.477 e. The first-order chi connectivity index (χ1) is 14.0. The van der Waals surface area contributed by atoms with Crippen LogP contribution < -0.4 is 15.6 Å². The highest BCUT2D eigenvalue weighted by molar-refractivity contribution is 5.96. The van der Waals surface area contributed by atoms with Crippen molar-refractivity contribution in [1.29, 1.82) is 5.26 Å². The van der Waals surface area contributed by atoms with Gasteiger partial charge in [0.1, 0.15) is 23.0 Å². The third-order valence-corrected chi connectivity index (χ3v) is 5.95. The Hall–Kier alpha value is -2.96. The zero-order valence-corrected chi connectivity index (χ0v) is 15.5. The minimum atomic E-state index is -1.36. The highest BCUT2D eigenvalue weighted by Crippen LogP contribution is 2.40. The molecule has 1 aliphatic carbocycles. The lowest BCUT2D eigenvalue weighted by Crippen LogP contribution is -2.47. The van der Waals surface area contributed by atoms with Gasteiger partial charge >= 0.3 is 5.97 Å². The minimum absolute atomic E-state index is 0.00719. The fraction of sp³-hybridized carbons (Fsp3) is 0.450. The van der Waals surface area contributed by atoms with E-state index in [2.05, 4.69) is 11.4 Å². The fourth-order valence-corrected chi connectivity index (χ4v) is 4.46. The highest BCUT2D eigenvalue weighted by atomic mass is 19.1. The van der Waals surface area contributed by atoms with E-state index >= 15 is 4.39 Å². The summed E-state index contributed by atoms with van der Waals surface area (Å²) in [6.45, 7) is 2.23. The first-order valence-corrected chi connectivity index (χ1v) is 9.64. The molecule has 29 heavy (non-hydrogen) atoms. The number of nitriles is 1. The number of morpholine rings is 1. The summed E-state index contributed by atoms with van der Waals surface area (Å²) in [7, 11) is 0. The van der Waals surface area contributed by atoms with E-state index in [4.69, 9.17) is 4.74 Å². The number of fused-ring (bicyclic) bond motifs is 2. The van der Waals surface area contributed by atoms with E-state index in [0.717, 1.165) is 25.5 Å². The number of nitrogens with zero attached hydrogens (tertiary/aromatic N) is 3. The van der Waals surface area contributed by atoms with Gasteiger partial charge in [-0.15, -0.1) is 0 Å². The van der Waals surface area contributed by atoms with Crippen LogP contribution in [0.25, 0.3) is 10.9 Å². The molecular weight excluding hydrogens is 379 g/mol. The minimum Gasteiger partial charge on any atom is -0.477 e. The molecule has 2 atom stereocenters. The predicted octanol–water partition coefficient (Wildman–Crippen LogP) is 1.22. The molecule has 0 radical (unpaired) electrons. The van der Waals surface area contributed by atoms with Crippen molar-refractivity contribution in [3.63, 3.8) is 0 Å². The zero-order chi connectivity index (χ0) is 20.3. The molecular formula is C20H19FN4O4. The third-order valence-electron chi connectivity index (χ3n) is 5.95. The van der Waals surface area contributed by atoms with Crippen LogP contribution in [-0.4, -0.2) is 54.0 Å². The number of carbonyl (C=O) groups is 1. The molecule has 1 aromatic carbocycles. The van der Waals surface area contributed by atoms with E-state index in [1.807, 2.05) is 0 Å². The van der Waals surface area contributed by atoms with Gasteiger partial charge in [-0.2, -0.15) is 5.26 Å². The van der Waals surface area contributed by atoms with E-state index in [1.165, 1.54) is 6.20 Å². The topological polar surface area (TPSA) is 108 Å². The van der Waals surface area contributed by atoms with Crippen LogP contribution in [0.15, 0.2) is 17.1 Å². The van der Waals surface area contributed by atoms with Crippen LogP contribution in [0.3, 0.4) is 0 Å². The van der Waals surface area contributed by atoms with Crippen molar-refractivity contribution in [2.75, 3.05) is 31.1 Å². The number of carboxylic acids is 1. The van der Waals surface area contributed by atoms with Gasteiger partial charge in [0.25, 0.3) is 0 Å². The van der Waals surface area contributed by atoms with Gasteiger partial charge in [-0.25, -0.2) is 9.18 Å². The molecule has 3 aliphatic rings. The van der Waals surface area contributed by atoms with Crippen LogP contribution in [-0.2, 0) is 4.74 Å². The van der Waals surface area contributed by atoms with Crippen molar-refractivity contribution in [1.82, 2.24) is 9.88 Å². The quantitative estimate of drug-likeness (QED) is 0.800. The molecule has 9 heteroatoms. The van der Waals surface area contributed by atoms with Gasteiger partial charge in [0.15, 0.2) is 0 Å². The standard InChI is InChI=1S/C20H19FN4O4/c21-14-5-11-17(25(10-1-2-10)7-13(19(11)26)20(27)28)12(6-22)18(14)24-8-15-16(9-24)29-4-3-23-15/h5,7,10,15-16,23H,1-4,8-9H2,(H,27,28). The maximum atomic E-state index is 15.2. The lowest BCUT2D eigenvalue weighted by molar-refractivity contribution is 0.0212. The molecule has 2 aliphatic heterocycles. The van der Waals surface area contributed by atoms with Gasteiger partial charge < -0.3 is 24.6 Å². The molecule has 0 bridgehead atoms. The van der Waals surface area contributed by atoms with E-state index < -0.39 is 22.8 Å². The maximum absolute atomic E-state index is 15.2. The molecule has 2 N–H and O–H groups in total. The fourth-order valence-electron chi connectivity index (χ4n) is 4.46. The van der Waals surface area contributed by atoms with Crippen LogP contribution in [0.5, 0.6) is 0 Å². The molecule has 1 saturated carbocycles. The molecule has 3 heterocycles. The number of aromatic nitrogens is 1. The molecule has 3 fully saturated rings. The van der Waals surface area contributed by atoms with Gasteiger partial charge in [-0.1, -0.05) is 0 Å². The zero-order valence-electron chi connectivity index (χ0n) is 15.5. The van der Waals surface area contributed by atoms with Crippen LogP contribution in [0.1, 0.15) is 34.8 Å². The monoisotopic (exact) mass is 398 g/mol. The number of carboxylic acid groups (broad SMARTS) is 1. The van der Waals surface area contributed by atoms with E-state index in [1.54, 1.807) is 9.47 Å². The van der Waals surface area contributed by atoms with Crippen LogP contribution >= 0.6 is 0 Å². The lowest BCUT2D eigenvalue weighted by Gasteiger charge is -2.25. The number of halogens is 1. The van der Waals surface area contributed by atoms with Crippen molar-refractivity contribution in [3.8, 4) is 6.07 Å². The van der Waals surface area contributed by atoms with Crippen molar-refractivity contribution < 1.29 is 19.0 Å². The summed E-state index contributed by atoms with van der Waals surface area (Å²) in [5, 5.41) is 22.6. The molecule has 2 aromatic rings. The SMILES string of the molecule is N#Cc1c(N2CC3NCCOC3C2)c(F)cc2c(=O)c(C(=O)O)cn(C3CC3)c12. The molecule has 150 valence electrons. The van der Waals surface area contributed by atoms with Gasteiger partial charge in [-0.3, -0.25) is 4.79 Å². The Morgan fingerprint density at radius 1 is 1.38 bits per heavy atom. The average Bonchev–Trinajstić information content (AvgIpc) is 3.45. The van der Waals surface area contributed by atoms with Crippen molar-refractivity contribution in [2.45, 2.75) is 31.0 Å². The molecule has 5 rings (SSSR count). The van der Waals surface area contributed by atoms with E-state index in [-0.39, 0.29) is 34.8 Å². The number of aromatic carboxylic acids is 1. The average molecular weight is 398 g/mol. The van der Waals surface area contributed by atoms with E-state index in [9.17, 15) is 20.0 Å². The Balaban J connectivity index is 1.74. The number of ether oxygens (including phenoxy) is 1. The summed E-state index contributed by atoms with van der Waals surface area (Å²) < 4.78 is 22.6. The Bertz CT molecular complexity index is 1120. The first kappa shape index (κ1) is 18.1. The number of anilines is 1. The molecule has 2 unspecified atom stereocenters. The molecule has 0 spiro atoms. The second-order valence-electron chi connectivity index (χ2n) is 7.78. The van der Waals surface area contributed by atoms with Crippen LogP contribution in [0, 0.1) is 17.1 Å². The predicted molar refractivity (Wildman–Crippen MR) is 102 cm³/mol. The second-order valence-corrected chi connectivity index (χ2v) is 7.78. The van der Waals surface area contributed by atoms with Gasteiger partial charge in [0, 0.05) is 31.9 Å². The molecule has 8 nitrogen and oxygen atoms in total. The van der Waals surface area contributed by atoms with E-state index in [0.29, 0.717) is 25.2 Å². The highest BCUT2D eigenvalue weighted by Gasteiger charge is 2.38. The molecule has 1 aromatic heterocycles. The van der Waals surface area contributed by atoms with Crippen molar-refractivity contribution >= 4 is 22.6 Å². The van der Waals surface area contributed by atoms with Crippen molar-refractivity contribution in [3.05, 3.63) is 39.4 Å². The maximum Gasteiger partial charge on any atom is 0.341 e. The summed E-state index contributed by atoms with van der Waals surface area (Å²) in [5.74, 6) is -2.06. The summed E-state index contributed by atoms with van der Waals surface area (Å²) in [4.78, 5) is 26.0. The summed E-state index contributed by atoms with van der Waals surface area (Å²) >= 11 is 0. The van der Waals surface area contributed by atoms with Gasteiger partial charge in [0.05, 0.1) is 35.3 Å². The molecule has 2 saturated heterocycles. The summed E-state index contributed by atoms with van der Waals surface area (Å²) in [6.07, 6.45) is 2.84. The second kappa shape index (κ2) is 6.54. The first-order valence-electron chi connectivity index (χ1n) is 9.64. The number of rotatable bonds is 3. The summed E-state index contributed by atoms with van der Waals surface area (Å²) in [6, 6.07) is 3.22. The number of pyridine rings is 1. The number of hydrogen-bond donors (Lipinski definition) is 2. The Morgan fingerprint density at radius 3 is 2.83 bits per heavy atom. The molecule has 0 amide bonds. The number of benzene rings is 1. The Labute approximate surface area is 165 Å². The smallest absolute Gasteiger partial charge is 0.341 e. The number of nitrogens with one attached hydrogen (secondary N) is 1. The van der Waals surface area contributed by atoms with Gasteiger partial charge in [-0.05, 0) is 18.9 Å². The number of hydrogen-bond acceptors (Lipinski definition) is 6. The summed E-state index contributed by atoms with van der Waals surface area (Å²) in [5.41, 5.74) is -0.655. The normalized spacial score (nSPS) is 23.8.